The molecule has 2 rings (SSSR count). The van der Waals surface area contributed by atoms with Crippen LogP contribution in [0.1, 0.15) is 20.7 Å². The normalized spacial score (nSPS) is 14.1. The van der Waals surface area contributed by atoms with Crippen LogP contribution in [-0.2, 0) is 14.6 Å². The Bertz CT molecular complexity index is 965. The number of hydrogen-bond acceptors (Lipinski definition) is 9. The van der Waals surface area contributed by atoms with Crippen molar-refractivity contribution in [2.75, 3.05) is 32.6 Å². The predicted molar refractivity (Wildman–Crippen MR) is 111 cm³/mol. The van der Waals surface area contributed by atoms with E-state index in [1.807, 2.05) is 4.72 Å². The van der Waals surface area contributed by atoms with Gasteiger partial charge in [-0.2, -0.15) is 0 Å². The monoisotopic (exact) mass is 467 g/mol. The molecule has 1 heterocycles. The van der Waals surface area contributed by atoms with Crippen LogP contribution in [0, 0.1) is 0 Å². The van der Waals surface area contributed by atoms with Gasteiger partial charge in [0.25, 0.3) is 10.0 Å². The number of nitrogens with one attached hydrogen (secondary N) is 1. The van der Waals surface area contributed by atoms with Crippen molar-refractivity contribution >= 4 is 39.0 Å². The number of benzene rings is 1. The van der Waals surface area contributed by atoms with E-state index in [1.165, 1.54) is 6.07 Å². The second-order valence-corrected chi connectivity index (χ2v) is 10.8. The van der Waals surface area contributed by atoms with Crippen LogP contribution in [0.5, 0.6) is 11.5 Å². The van der Waals surface area contributed by atoms with Gasteiger partial charge in [0.2, 0.25) is 0 Å². The predicted octanol–water partition coefficient (Wildman–Crippen LogP) is 0.641. The van der Waals surface area contributed by atoms with Crippen molar-refractivity contribution in [2.45, 2.75) is 23.5 Å². The fraction of sp³-hybridized carbons (Fsp3) is 0.500. The molecule has 13 heteroatoms. The minimum atomic E-state index is -4.76. The maximum Gasteiger partial charge on any atom is 1.00 e. The summed E-state index contributed by atoms with van der Waals surface area (Å²) in [5.41, 5.74) is 11.0. The molecule has 10 nitrogen and oxygen atoms in total. The van der Waals surface area contributed by atoms with Gasteiger partial charge in [-0.25, -0.2) is 13.1 Å². The maximum atomic E-state index is 12.3. The number of sulfonamides is 1. The smallest absolute Gasteiger partial charge is 0.778 e. The highest BCUT2D eigenvalue weighted by atomic mass is 32.2. The Morgan fingerprint density at radius 2 is 1.72 bits per heavy atom. The van der Waals surface area contributed by atoms with Crippen molar-refractivity contribution in [3.63, 3.8) is 0 Å². The quantitative estimate of drug-likeness (QED) is 0.243. The SMILES string of the molecule is NCCCCOc1cc2sc(S(=O)(=O)NCP(=O)([O-])O)cc2cc1OCCCN.[H+]. The van der Waals surface area contributed by atoms with Crippen molar-refractivity contribution < 1.29 is 33.7 Å². The Balaban J connectivity index is 0.00000450. The number of rotatable bonds is 13. The number of thiophene rings is 1. The summed E-state index contributed by atoms with van der Waals surface area (Å²) >= 11 is 0.950. The highest BCUT2D eigenvalue weighted by Gasteiger charge is 2.20. The van der Waals surface area contributed by atoms with Gasteiger partial charge in [0, 0.05) is 10.8 Å². The minimum Gasteiger partial charge on any atom is -0.778 e. The molecule has 0 spiro atoms. The summed E-state index contributed by atoms with van der Waals surface area (Å²) in [4.78, 5) is 19.6. The number of nitrogens with two attached hydrogens (primary N) is 2. The van der Waals surface area contributed by atoms with E-state index >= 15 is 0 Å². The molecule has 0 saturated carbocycles. The van der Waals surface area contributed by atoms with Crippen LogP contribution in [0.3, 0.4) is 0 Å². The van der Waals surface area contributed by atoms with Crippen molar-refractivity contribution in [3.8, 4) is 11.5 Å². The number of ether oxygens (including phenoxy) is 2. The molecule has 0 aliphatic carbocycles. The molecular formula is C16H26N3O7PS2. The lowest BCUT2D eigenvalue weighted by atomic mass is 10.2. The Hall–Kier alpha value is -1.24. The van der Waals surface area contributed by atoms with Crippen LogP contribution < -0.4 is 30.6 Å². The number of fused-ring (bicyclic) bond motifs is 1. The van der Waals surface area contributed by atoms with Crippen LogP contribution in [-0.4, -0.2) is 45.9 Å². The average molecular weight is 468 g/mol. The van der Waals surface area contributed by atoms with Gasteiger partial charge in [-0.15, -0.1) is 11.3 Å². The van der Waals surface area contributed by atoms with Gasteiger partial charge in [-0.05, 0) is 49.9 Å². The maximum absolute atomic E-state index is 12.3. The van der Waals surface area contributed by atoms with E-state index in [2.05, 4.69) is 0 Å². The molecular weight excluding hydrogens is 441 g/mol. The fourth-order valence-electron chi connectivity index (χ4n) is 2.31. The van der Waals surface area contributed by atoms with Crippen LogP contribution in [0.25, 0.3) is 10.1 Å². The lowest BCUT2D eigenvalue weighted by Gasteiger charge is -2.15. The molecule has 2 aromatic rings. The lowest BCUT2D eigenvalue weighted by molar-refractivity contribution is -0.193. The number of hydrogen-bond donors (Lipinski definition) is 4. The van der Waals surface area contributed by atoms with Gasteiger partial charge in [-0.1, -0.05) is 0 Å². The minimum absolute atomic E-state index is 0. The summed E-state index contributed by atoms with van der Waals surface area (Å²) in [5, 5.41) is 0.599. The zero-order valence-electron chi connectivity index (χ0n) is 16.7. The summed E-state index contributed by atoms with van der Waals surface area (Å²) in [6.45, 7) is 1.85. The zero-order chi connectivity index (χ0) is 21.5. The van der Waals surface area contributed by atoms with Crippen LogP contribution in [0.15, 0.2) is 22.4 Å². The highest BCUT2D eigenvalue weighted by molar-refractivity contribution is 7.92. The molecule has 0 radical (unpaired) electrons. The molecule has 6 N–H and O–H groups in total. The molecule has 0 fully saturated rings. The first-order chi connectivity index (χ1) is 13.7. The summed E-state index contributed by atoms with van der Waals surface area (Å²) < 4.78 is 49.4. The molecule has 164 valence electrons. The highest BCUT2D eigenvalue weighted by Crippen LogP contribution is 2.38. The van der Waals surface area contributed by atoms with E-state index in [9.17, 15) is 17.9 Å². The second kappa shape index (κ2) is 10.7. The Morgan fingerprint density at radius 3 is 2.34 bits per heavy atom. The Labute approximate surface area is 174 Å². The molecule has 29 heavy (non-hydrogen) atoms. The van der Waals surface area contributed by atoms with Crippen LogP contribution in [0.4, 0.5) is 0 Å². The summed E-state index contributed by atoms with van der Waals surface area (Å²) in [7, 11) is -8.86. The van der Waals surface area contributed by atoms with E-state index in [0.717, 1.165) is 24.2 Å². The Morgan fingerprint density at radius 1 is 1.10 bits per heavy atom. The first-order valence-corrected chi connectivity index (χ1v) is 13.0. The third kappa shape index (κ3) is 7.50. The second-order valence-electron chi connectivity index (χ2n) is 6.18. The van der Waals surface area contributed by atoms with Crippen LogP contribution >= 0.6 is 18.9 Å². The third-order valence-electron chi connectivity index (χ3n) is 3.74. The summed E-state index contributed by atoms with van der Waals surface area (Å²) in [5.74, 6) is 0.942. The van der Waals surface area contributed by atoms with Gasteiger partial charge >= 0.3 is 1.43 Å². The third-order valence-corrected chi connectivity index (χ3v) is 7.49. The standard InChI is InChI=1S/C16H26N3O7PS2/c17-4-1-2-6-25-14-10-15-12(8-13(14)26-7-3-5-18)9-16(28-15)29(23,24)19-11-27(20,21)22/h8-10,19H,1-7,11,17-18H2,(H2,20,21,22). The molecule has 1 atom stereocenters. The van der Waals surface area contributed by atoms with Crippen molar-refractivity contribution in [1.82, 2.24) is 4.72 Å². The fourth-order valence-corrected chi connectivity index (χ4v) is 5.76. The molecule has 0 bridgehead atoms. The first kappa shape index (κ1) is 24.0. The first-order valence-electron chi connectivity index (χ1n) is 8.92. The largest absolute Gasteiger partial charge is 1.00 e. The number of unbranched alkanes of at least 4 members (excludes halogenated alkanes) is 1. The van der Waals surface area contributed by atoms with Crippen LogP contribution in [0.2, 0.25) is 0 Å². The molecule has 1 unspecified atom stereocenters. The van der Waals surface area contributed by atoms with E-state index in [4.69, 9.17) is 25.8 Å². The average Bonchev–Trinajstić information content (AvgIpc) is 3.07. The molecule has 0 aliphatic rings. The van der Waals surface area contributed by atoms with Gasteiger partial charge in [0.05, 0.1) is 19.5 Å². The summed E-state index contributed by atoms with van der Waals surface area (Å²) in [6, 6.07) is 4.76. The van der Waals surface area contributed by atoms with Gasteiger partial charge in [0.15, 0.2) is 11.5 Å². The molecule has 0 amide bonds. The molecule has 1 aromatic carbocycles. The van der Waals surface area contributed by atoms with Gasteiger partial charge in [-0.3, -0.25) is 0 Å². The zero-order valence-corrected chi connectivity index (χ0v) is 18.2. The van der Waals surface area contributed by atoms with E-state index in [0.29, 0.717) is 54.3 Å². The van der Waals surface area contributed by atoms with Crippen molar-refractivity contribution in [1.29, 1.82) is 0 Å². The molecule has 1 aromatic heterocycles. The van der Waals surface area contributed by atoms with Crippen molar-refractivity contribution in [2.24, 2.45) is 11.5 Å². The topological polar surface area (TPSA) is 177 Å². The molecule has 0 saturated heterocycles. The Kier molecular flexibility index (Phi) is 8.86. The van der Waals surface area contributed by atoms with E-state index < -0.39 is 23.9 Å². The van der Waals surface area contributed by atoms with E-state index in [-0.39, 0.29) is 5.64 Å². The van der Waals surface area contributed by atoms with Gasteiger partial charge in [0.1, 0.15) is 11.8 Å². The summed E-state index contributed by atoms with van der Waals surface area (Å²) in [6.07, 6.45) is 1.15. The molecule has 0 aliphatic heterocycles. The van der Waals surface area contributed by atoms with Gasteiger partial charge < -0.3 is 35.3 Å². The van der Waals surface area contributed by atoms with E-state index in [1.54, 1.807) is 12.1 Å². The van der Waals surface area contributed by atoms with Crippen molar-refractivity contribution in [3.05, 3.63) is 18.2 Å². The lowest BCUT2D eigenvalue weighted by Crippen LogP contribution is -2.26.